The number of benzene rings is 2. The van der Waals surface area contributed by atoms with Crippen molar-refractivity contribution in [1.29, 1.82) is 0 Å². The molecule has 2 rings (SSSR count). The maximum Gasteiger partial charge on any atom is 0.339 e. The Morgan fingerprint density at radius 2 is 1.95 bits per heavy atom. The number of hydrogen-bond acceptors (Lipinski definition) is 3. The summed E-state index contributed by atoms with van der Waals surface area (Å²) in [5.74, 6) is -0.134. The van der Waals surface area contributed by atoms with Crippen LogP contribution in [0.5, 0.6) is 11.5 Å². The molecule has 0 aliphatic heterocycles. The van der Waals surface area contributed by atoms with Gasteiger partial charge in [0.25, 0.3) is 0 Å². The first-order chi connectivity index (χ1) is 10.0. The molecule has 110 valence electrons. The highest BCUT2D eigenvalue weighted by Crippen LogP contribution is 2.27. The van der Waals surface area contributed by atoms with Crippen LogP contribution in [0.2, 0.25) is 5.02 Å². The first-order valence-corrected chi connectivity index (χ1v) is 7.16. The number of carbonyl (C=O) groups is 1. The molecule has 0 amide bonds. The zero-order valence-corrected chi connectivity index (χ0v) is 13.4. The zero-order chi connectivity index (χ0) is 15.4. The van der Waals surface area contributed by atoms with E-state index in [2.05, 4.69) is 15.9 Å². The van der Waals surface area contributed by atoms with Crippen LogP contribution in [-0.2, 0) is 6.61 Å². The van der Waals surface area contributed by atoms with Crippen LogP contribution in [0.3, 0.4) is 0 Å². The smallest absolute Gasteiger partial charge is 0.339 e. The molecule has 0 saturated carbocycles. The van der Waals surface area contributed by atoms with Gasteiger partial charge in [0.2, 0.25) is 0 Å². The molecule has 0 unspecified atom stereocenters. The Bertz CT molecular complexity index is 673. The summed E-state index contributed by atoms with van der Waals surface area (Å²) in [5.41, 5.74) is 0.828. The Balaban J connectivity index is 2.24. The van der Waals surface area contributed by atoms with E-state index < -0.39 is 5.97 Å². The van der Waals surface area contributed by atoms with Crippen LogP contribution >= 0.6 is 27.5 Å². The quantitative estimate of drug-likeness (QED) is 0.847. The average Bonchev–Trinajstić information content (AvgIpc) is 2.46. The third kappa shape index (κ3) is 3.89. The number of ether oxygens (including phenoxy) is 2. The van der Waals surface area contributed by atoms with E-state index in [4.69, 9.17) is 21.1 Å². The number of methoxy groups -OCH3 is 1. The predicted octanol–water partition coefficient (Wildman–Crippen LogP) is 4.39. The molecule has 21 heavy (non-hydrogen) atoms. The first-order valence-electron chi connectivity index (χ1n) is 5.99. The molecule has 4 nitrogen and oxygen atoms in total. The van der Waals surface area contributed by atoms with Gasteiger partial charge in [0, 0.05) is 15.1 Å². The molecule has 0 fully saturated rings. The Morgan fingerprint density at radius 3 is 2.62 bits per heavy atom. The van der Waals surface area contributed by atoms with E-state index in [-0.39, 0.29) is 17.9 Å². The first kappa shape index (κ1) is 15.7. The third-order valence-corrected chi connectivity index (χ3v) is 3.53. The molecule has 0 aliphatic rings. The van der Waals surface area contributed by atoms with E-state index in [0.717, 1.165) is 5.56 Å². The fourth-order valence-corrected chi connectivity index (χ4v) is 2.37. The van der Waals surface area contributed by atoms with Crippen LogP contribution in [0.1, 0.15) is 15.9 Å². The van der Waals surface area contributed by atoms with Gasteiger partial charge in [0.1, 0.15) is 23.7 Å². The largest absolute Gasteiger partial charge is 0.496 e. The lowest BCUT2D eigenvalue weighted by molar-refractivity contribution is 0.0691. The molecule has 6 heteroatoms. The molecule has 2 aromatic carbocycles. The van der Waals surface area contributed by atoms with Gasteiger partial charge in [-0.05, 0) is 36.4 Å². The number of aromatic carboxylic acids is 1. The van der Waals surface area contributed by atoms with Gasteiger partial charge in [-0.25, -0.2) is 4.79 Å². The monoisotopic (exact) mass is 370 g/mol. The predicted molar refractivity (Wildman–Crippen MR) is 83.4 cm³/mol. The van der Waals surface area contributed by atoms with Gasteiger partial charge in [-0.1, -0.05) is 27.5 Å². The molecule has 2 aromatic rings. The molecular weight excluding hydrogens is 360 g/mol. The summed E-state index contributed by atoms with van der Waals surface area (Å²) in [4.78, 5) is 11.2. The van der Waals surface area contributed by atoms with Crippen molar-refractivity contribution in [2.24, 2.45) is 0 Å². The minimum Gasteiger partial charge on any atom is -0.496 e. The number of hydrogen-bond donors (Lipinski definition) is 1. The third-order valence-electron chi connectivity index (χ3n) is 2.80. The van der Waals surface area contributed by atoms with Gasteiger partial charge in [0.15, 0.2) is 0 Å². The maximum absolute atomic E-state index is 11.2. The number of carboxylic acid groups (broad SMARTS) is 1. The minimum atomic E-state index is -1.05. The van der Waals surface area contributed by atoms with E-state index >= 15 is 0 Å². The van der Waals surface area contributed by atoms with Gasteiger partial charge < -0.3 is 14.6 Å². The second-order valence-electron chi connectivity index (χ2n) is 4.19. The fourth-order valence-electron chi connectivity index (χ4n) is 1.81. The Hall–Kier alpha value is -1.72. The molecule has 1 N–H and O–H groups in total. The Labute approximate surface area is 135 Å². The van der Waals surface area contributed by atoms with Crippen molar-refractivity contribution in [3.8, 4) is 11.5 Å². The highest BCUT2D eigenvalue weighted by Gasteiger charge is 2.13. The van der Waals surface area contributed by atoms with Crippen LogP contribution in [0, 0.1) is 0 Å². The molecule has 0 spiro atoms. The second-order valence-corrected chi connectivity index (χ2v) is 5.54. The minimum absolute atomic E-state index is 0.0883. The van der Waals surface area contributed by atoms with Crippen molar-refractivity contribution in [3.63, 3.8) is 0 Å². The topological polar surface area (TPSA) is 55.8 Å². The zero-order valence-electron chi connectivity index (χ0n) is 11.1. The van der Waals surface area contributed by atoms with E-state index in [1.807, 2.05) is 0 Å². The van der Waals surface area contributed by atoms with E-state index in [9.17, 15) is 9.90 Å². The van der Waals surface area contributed by atoms with E-state index in [0.29, 0.717) is 15.2 Å². The normalized spacial score (nSPS) is 10.2. The summed E-state index contributed by atoms with van der Waals surface area (Å²) in [7, 11) is 1.55. The standard InChI is InChI=1S/C15H12BrClO4/c1-20-13-5-3-11(17)6-9(13)8-21-14-4-2-10(16)7-12(14)15(18)19/h2-7H,8H2,1H3,(H,18,19). The lowest BCUT2D eigenvalue weighted by Crippen LogP contribution is -2.04. The summed E-state index contributed by atoms with van der Waals surface area (Å²) in [6.45, 7) is 0.158. The van der Waals surface area contributed by atoms with Gasteiger partial charge in [-0.3, -0.25) is 0 Å². The molecular formula is C15H12BrClO4. The second kappa shape index (κ2) is 6.83. The molecule has 0 bridgehead atoms. The highest BCUT2D eigenvalue weighted by atomic mass is 79.9. The summed E-state index contributed by atoms with van der Waals surface area (Å²) < 4.78 is 11.5. The van der Waals surface area contributed by atoms with Crippen molar-refractivity contribution in [2.45, 2.75) is 6.61 Å². The number of rotatable bonds is 5. The summed E-state index contributed by atoms with van der Waals surface area (Å²) in [6, 6.07) is 9.99. The molecule has 0 aliphatic carbocycles. The van der Waals surface area contributed by atoms with Crippen molar-refractivity contribution >= 4 is 33.5 Å². The maximum atomic E-state index is 11.2. The summed E-state index contributed by atoms with van der Waals surface area (Å²) in [6.07, 6.45) is 0. The Kier molecular flexibility index (Phi) is 5.09. The van der Waals surface area contributed by atoms with Crippen LogP contribution in [0.15, 0.2) is 40.9 Å². The van der Waals surface area contributed by atoms with Gasteiger partial charge >= 0.3 is 5.97 Å². The number of carboxylic acids is 1. The van der Waals surface area contributed by atoms with Gasteiger partial charge in [-0.2, -0.15) is 0 Å². The molecule has 0 saturated heterocycles. The van der Waals surface area contributed by atoms with Crippen LogP contribution in [0.4, 0.5) is 0 Å². The van der Waals surface area contributed by atoms with Crippen LogP contribution in [0.25, 0.3) is 0 Å². The molecule has 0 aromatic heterocycles. The lowest BCUT2D eigenvalue weighted by Gasteiger charge is -2.12. The van der Waals surface area contributed by atoms with Crippen molar-refractivity contribution in [3.05, 3.63) is 57.0 Å². The molecule has 0 radical (unpaired) electrons. The van der Waals surface area contributed by atoms with Crippen LogP contribution in [-0.4, -0.2) is 18.2 Å². The van der Waals surface area contributed by atoms with Gasteiger partial charge in [0.05, 0.1) is 7.11 Å². The summed E-state index contributed by atoms with van der Waals surface area (Å²) in [5, 5.41) is 9.74. The van der Waals surface area contributed by atoms with Crippen molar-refractivity contribution in [2.75, 3.05) is 7.11 Å². The highest BCUT2D eigenvalue weighted by molar-refractivity contribution is 9.10. The van der Waals surface area contributed by atoms with Crippen molar-refractivity contribution in [1.82, 2.24) is 0 Å². The average molecular weight is 372 g/mol. The van der Waals surface area contributed by atoms with Crippen LogP contribution < -0.4 is 9.47 Å². The van der Waals surface area contributed by atoms with E-state index in [1.165, 1.54) is 6.07 Å². The summed E-state index contributed by atoms with van der Waals surface area (Å²) >= 11 is 9.18. The molecule has 0 atom stereocenters. The van der Waals surface area contributed by atoms with Crippen molar-refractivity contribution < 1.29 is 19.4 Å². The van der Waals surface area contributed by atoms with Gasteiger partial charge in [-0.15, -0.1) is 0 Å². The lowest BCUT2D eigenvalue weighted by atomic mass is 10.2. The van der Waals surface area contributed by atoms with E-state index in [1.54, 1.807) is 37.4 Å². The SMILES string of the molecule is COc1ccc(Cl)cc1COc1ccc(Br)cc1C(=O)O. The Morgan fingerprint density at radius 1 is 1.24 bits per heavy atom. The fraction of sp³-hybridized carbons (Fsp3) is 0.133. The molecule has 0 heterocycles. The number of halogens is 2.